The van der Waals surface area contributed by atoms with Gasteiger partial charge in [0.2, 0.25) is 10.0 Å². The molecule has 0 aromatic heterocycles. The van der Waals surface area contributed by atoms with E-state index < -0.39 is 37.8 Å². The van der Waals surface area contributed by atoms with Gasteiger partial charge in [-0.15, -0.1) is 0 Å². The van der Waals surface area contributed by atoms with Crippen LogP contribution in [-0.4, -0.2) is 45.6 Å². The fraction of sp³-hybridized carbons (Fsp3) is 0.400. The van der Waals surface area contributed by atoms with Crippen LogP contribution in [0, 0.1) is 0 Å². The van der Waals surface area contributed by atoms with E-state index in [1.165, 1.54) is 12.1 Å². The van der Waals surface area contributed by atoms with Gasteiger partial charge in [0, 0.05) is 0 Å². The topological polar surface area (TPSA) is 101 Å². The van der Waals surface area contributed by atoms with Crippen LogP contribution in [-0.2, 0) is 19.9 Å². The normalized spacial score (nSPS) is 27.2. The summed E-state index contributed by atoms with van der Waals surface area (Å²) in [6.45, 7) is 0. The van der Waals surface area contributed by atoms with E-state index in [-0.39, 0.29) is 10.6 Å². The molecule has 1 aromatic rings. The Labute approximate surface area is 106 Å². The van der Waals surface area contributed by atoms with Gasteiger partial charge in [0.1, 0.15) is 0 Å². The lowest BCUT2D eigenvalue weighted by molar-refractivity contribution is 0.176. The van der Waals surface area contributed by atoms with Crippen molar-refractivity contribution in [1.82, 2.24) is 4.72 Å². The lowest BCUT2D eigenvalue weighted by atomic mass is 10.2. The highest BCUT2D eigenvalue weighted by Crippen LogP contribution is 2.16. The summed E-state index contributed by atoms with van der Waals surface area (Å²) in [6, 6.07) is 6.62. The fourth-order valence-electron chi connectivity index (χ4n) is 1.81. The van der Waals surface area contributed by atoms with E-state index in [2.05, 4.69) is 4.72 Å². The highest BCUT2D eigenvalue weighted by atomic mass is 32.2. The third-order valence-corrected chi connectivity index (χ3v) is 5.90. The molecule has 100 valence electrons. The van der Waals surface area contributed by atoms with Gasteiger partial charge in [-0.05, 0) is 12.1 Å². The van der Waals surface area contributed by atoms with Gasteiger partial charge in [0.25, 0.3) is 0 Å². The first-order chi connectivity index (χ1) is 8.30. The Morgan fingerprint density at radius 1 is 1.17 bits per heavy atom. The molecule has 1 aromatic carbocycles. The number of nitrogens with one attached hydrogen (secondary N) is 1. The Morgan fingerprint density at radius 2 is 1.78 bits per heavy atom. The maximum atomic E-state index is 11.9. The molecule has 0 radical (unpaired) electrons. The molecule has 6 nitrogen and oxygen atoms in total. The molecule has 8 heteroatoms. The fourth-order valence-corrected chi connectivity index (χ4v) is 4.95. The first kappa shape index (κ1) is 13.5. The van der Waals surface area contributed by atoms with Crippen LogP contribution in [0.5, 0.6) is 0 Å². The number of sulfonamides is 1. The van der Waals surface area contributed by atoms with Crippen LogP contribution < -0.4 is 4.72 Å². The van der Waals surface area contributed by atoms with E-state index in [1.54, 1.807) is 18.2 Å². The Kier molecular flexibility index (Phi) is 3.45. The number of benzene rings is 1. The summed E-state index contributed by atoms with van der Waals surface area (Å²) in [7, 11) is -7.18. The zero-order valence-corrected chi connectivity index (χ0v) is 11.0. The van der Waals surface area contributed by atoms with E-state index in [4.69, 9.17) is 0 Å². The zero-order chi connectivity index (χ0) is 13.4. The van der Waals surface area contributed by atoms with Crippen molar-refractivity contribution in [1.29, 1.82) is 0 Å². The number of sulfone groups is 1. The molecule has 0 aliphatic carbocycles. The minimum absolute atomic E-state index is 0.0431. The summed E-state index contributed by atoms with van der Waals surface area (Å²) >= 11 is 0. The Bertz CT molecular complexity index is 623. The first-order valence-corrected chi connectivity index (χ1v) is 8.56. The third kappa shape index (κ3) is 2.89. The molecule has 2 atom stereocenters. The molecular weight excluding hydrogens is 278 g/mol. The average Bonchev–Trinajstić information content (AvgIpc) is 2.52. The molecule has 2 rings (SSSR count). The predicted molar refractivity (Wildman–Crippen MR) is 65.2 cm³/mol. The number of aliphatic hydroxyl groups is 1. The van der Waals surface area contributed by atoms with Gasteiger partial charge in [-0.2, -0.15) is 0 Å². The summed E-state index contributed by atoms with van der Waals surface area (Å²) in [5, 5.41) is 9.53. The summed E-state index contributed by atoms with van der Waals surface area (Å²) in [4.78, 5) is 0.0431. The van der Waals surface area contributed by atoms with Crippen LogP contribution in [0.25, 0.3) is 0 Å². The molecule has 1 heterocycles. The van der Waals surface area contributed by atoms with Crippen molar-refractivity contribution in [3.63, 3.8) is 0 Å². The van der Waals surface area contributed by atoms with Crippen LogP contribution >= 0.6 is 0 Å². The average molecular weight is 291 g/mol. The molecule has 0 unspecified atom stereocenters. The van der Waals surface area contributed by atoms with Crippen molar-refractivity contribution in [2.45, 2.75) is 17.0 Å². The largest absolute Gasteiger partial charge is 0.390 e. The highest BCUT2D eigenvalue weighted by molar-refractivity contribution is 7.92. The van der Waals surface area contributed by atoms with Gasteiger partial charge in [0.15, 0.2) is 9.84 Å². The van der Waals surface area contributed by atoms with Crippen LogP contribution in [0.3, 0.4) is 0 Å². The second-order valence-electron chi connectivity index (χ2n) is 4.19. The minimum Gasteiger partial charge on any atom is -0.390 e. The molecule has 0 amide bonds. The smallest absolute Gasteiger partial charge is 0.240 e. The maximum absolute atomic E-state index is 11.9. The third-order valence-electron chi connectivity index (χ3n) is 2.68. The number of hydrogen-bond donors (Lipinski definition) is 2. The van der Waals surface area contributed by atoms with Gasteiger partial charge in [0.05, 0.1) is 28.5 Å². The first-order valence-electron chi connectivity index (χ1n) is 5.26. The summed E-state index contributed by atoms with van der Waals surface area (Å²) in [6.07, 6.45) is -1.20. The van der Waals surface area contributed by atoms with Gasteiger partial charge in [-0.1, -0.05) is 18.2 Å². The standard InChI is InChI=1S/C10H13NO5S2/c12-10-7-17(13,14)6-9(10)11-18(15,16)8-4-2-1-3-5-8/h1-5,9-12H,6-7H2/t9-,10+/m1/s1. The van der Waals surface area contributed by atoms with Crippen molar-refractivity contribution in [3.05, 3.63) is 30.3 Å². The van der Waals surface area contributed by atoms with Gasteiger partial charge < -0.3 is 5.11 Å². The molecular formula is C10H13NO5S2. The van der Waals surface area contributed by atoms with Crippen LogP contribution in [0.4, 0.5) is 0 Å². The highest BCUT2D eigenvalue weighted by Gasteiger charge is 2.38. The quantitative estimate of drug-likeness (QED) is 0.753. The lowest BCUT2D eigenvalue weighted by Gasteiger charge is -2.14. The predicted octanol–water partition coefficient (Wildman–Crippen LogP) is -0.877. The van der Waals surface area contributed by atoms with Gasteiger partial charge >= 0.3 is 0 Å². The van der Waals surface area contributed by atoms with Crippen molar-refractivity contribution in [2.24, 2.45) is 0 Å². The van der Waals surface area contributed by atoms with E-state index in [1.807, 2.05) is 0 Å². The summed E-state index contributed by atoms with van der Waals surface area (Å²) in [5.41, 5.74) is 0. The molecule has 0 saturated carbocycles. The second-order valence-corrected chi connectivity index (χ2v) is 8.05. The zero-order valence-electron chi connectivity index (χ0n) is 9.35. The van der Waals surface area contributed by atoms with Crippen LogP contribution in [0.1, 0.15) is 0 Å². The monoisotopic (exact) mass is 291 g/mol. The van der Waals surface area contributed by atoms with Crippen molar-refractivity contribution >= 4 is 19.9 Å². The molecule has 1 aliphatic rings. The molecule has 2 N–H and O–H groups in total. The number of aliphatic hydroxyl groups excluding tert-OH is 1. The Balaban J connectivity index is 2.20. The summed E-state index contributed by atoms with van der Waals surface area (Å²) < 4.78 is 48.6. The molecule has 1 aliphatic heterocycles. The lowest BCUT2D eigenvalue weighted by Crippen LogP contribution is -2.42. The maximum Gasteiger partial charge on any atom is 0.240 e. The van der Waals surface area contributed by atoms with E-state index in [9.17, 15) is 21.9 Å². The molecule has 1 saturated heterocycles. The van der Waals surface area contributed by atoms with Crippen LogP contribution in [0.15, 0.2) is 35.2 Å². The number of hydrogen-bond acceptors (Lipinski definition) is 5. The van der Waals surface area contributed by atoms with Crippen LogP contribution in [0.2, 0.25) is 0 Å². The minimum atomic E-state index is -3.80. The molecule has 0 spiro atoms. The van der Waals surface area contributed by atoms with Crippen molar-refractivity contribution in [2.75, 3.05) is 11.5 Å². The molecule has 1 fully saturated rings. The van der Waals surface area contributed by atoms with E-state index in [0.717, 1.165) is 0 Å². The van der Waals surface area contributed by atoms with Crippen molar-refractivity contribution < 1.29 is 21.9 Å². The second kappa shape index (κ2) is 4.61. The Hall–Kier alpha value is -0.960. The molecule has 18 heavy (non-hydrogen) atoms. The van der Waals surface area contributed by atoms with E-state index in [0.29, 0.717) is 0 Å². The van der Waals surface area contributed by atoms with Gasteiger partial charge in [-0.25, -0.2) is 21.6 Å². The van der Waals surface area contributed by atoms with E-state index >= 15 is 0 Å². The molecule has 0 bridgehead atoms. The summed E-state index contributed by atoms with van der Waals surface area (Å²) in [5.74, 6) is -0.783. The number of rotatable bonds is 3. The van der Waals surface area contributed by atoms with Crippen molar-refractivity contribution in [3.8, 4) is 0 Å². The Morgan fingerprint density at radius 3 is 2.28 bits per heavy atom. The van der Waals surface area contributed by atoms with Gasteiger partial charge in [-0.3, -0.25) is 0 Å². The SMILES string of the molecule is O=S1(=O)C[C@H](O)[C@H](NS(=O)(=O)c2ccccc2)C1.